The van der Waals surface area contributed by atoms with Crippen molar-refractivity contribution in [2.75, 3.05) is 7.05 Å². The standard InChI is InChI=1S/C12H23F2N/c1-11(2,3)9-5-7-12(15-4,8-6-9)10(13)14/h9-10,15H,5-8H2,1-4H3. The van der Waals surface area contributed by atoms with Crippen LogP contribution in [0.5, 0.6) is 0 Å². The molecule has 15 heavy (non-hydrogen) atoms. The lowest BCUT2D eigenvalue weighted by molar-refractivity contribution is -0.0100. The summed E-state index contributed by atoms with van der Waals surface area (Å²) in [7, 11) is 1.66. The number of halogens is 2. The monoisotopic (exact) mass is 219 g/mol. The molecule has 0 aromatic heterocycles. The molecule has 1 saturated carbocycles. The molecule has 0 aliphatic heterocycles. The molecule has 1 aliphatic rings. The van der Waals surface area contributed by atoms with Crippen LogP contribution in [0.3, 0.4) is 0 Å². The van der Waals surface area contributed by atoms with Gasteiger partial charge in [0, 0.05) is 0 Å². The molecule has 1 fully saturated rings. The predicted octanol–water partition coefficient (Wildman–Crippen LogP) is 3.45. The first-order valence-corrected chi connectivity index (χ1v) is 5.79. The highest BCUT2D eigenvalue weighted by Gasteiger charge is 2.43. The lowest BCUT2D eigenvalue weighted by atomic mass is 9.67. The van der Waals surface area contributed by atoms with Gasteiger partial charge in [0.25, 0.3) is 6.43 Å². The summed E-state index contributed by atoms with van der Waals surface area (Å²) in [5, 5.41) is 2.84. The van der Waals surface area contributed by atoms with Gasteiger partial charge in [-0.05, 0) is 44.1 Å². The molecular weight excluding hydrogens is 196 g/mol. The molecule has 0 radical (unpaired) electrons. The maximum Gasteiger partial charge on any atom is 0.256 e. The summed E-state index contributed by atoms with van der Waals surface area (Å²) in [5.74, 6) is 0.581. The van der Waals surface area contributed by atoms with Gasteiger partial charge in [0.15, 0.2) is 0 Å². The molecule has 1 rings (SSSR count). The first-order chi connectivity index (χ1) is 6.82. The normalized spacial score (nSPS) is 33.4. The van der Waals surface area contributed by atoms with Crippen molar-refractivity contribution in [1.82, 2.24) is 5.32 Å². The molecule has 90 valence electrons. The van der Waals surface area contributed by atoms with E-state index in [2.05, 4.69) is 26.1 Å². The van der Waals surface area contributed by atoms with Crippen LogP contribution in [-0.2, 0) is 0 Å². The lowest BCUT2D eigenvalue weighted by Crippen LogP contribution is -2.52. The van der Waals surface area contributed by atoms with Crippen molar-refractivity contribution in [1.29, 1.82) is 0 Å². The van der Waals surface area contributed by atoms with Gasteiger partial charge in [-0.1, -0.05) is 20.8 Å². The fraction of sp³-hybridized carbons (Fsp3) is 1.00. The second-order valence-electron chi connectivity index (χ2n) is 5.85. The van der Waals surface area contributed by atoms with Crippen LogP contribution in [0.25, 0.3) is 0 Å². The maximum atomic E-state index is 12.9. The van der Waals surface area contributed by atoms with Gasteiger partial charge in [0.2, 0.25) is 0 Å². The summed E-state index contributed by atoms with van der Waals surface area (Å²) < 4.78 is 25.9. The third kappa shape index (κ3) is 2.68. The maximum absolute atomic E-state index is 12.9. The van der Waals surface area contributed by atoms with E-state index in [1.807, 2.05) is 0 Å². The van der Waals surface area contributed by atoms with E-state index in [4.69, 9.17) is 0 Å². The van der Waals surface area contributed by atoms with E-state index in [1.54, 1.807) is 7.05 Å². The molecule has 3 heteroatoms. The smallest absolute Gasteiger partial charge is 0.256 e. The Morgan fingerprint density at radius 2 is 1.67 bits per heavy atom. The molecule has 0 spiro atoms. The fourth-order valence-electron chi connectivity index (χ4n) is 2.58. The highest BCUT2D eigenvalue weighted by molar-refractivity contribution is 4.96. The van der Waals surface area contributed by atoms with Crippen molar-refractivity contribution in [2.24, 2.45) is 11.3 Å². The molecule has 1 N–H and O–H groups in total. The van der Waals surface area contributed by atoms with Gasteiger partial charge in [-0.15, -0.1) is 0 Å². The van der Waals surface area contributed by atoms with E-state index in [0.717, 1.165) is 12.8 Å². The molecule has 0 saturated heterocycles. The average molecular weight is 219 g/mol. The van der Waals surface area contributed by atoms with Crippen LogP contribution < -0.4 is 5.32 Å². The summed E-state index contributed by atoms with van der Waals surface area (Å²) in [4.78, 5) is 0. The molecule has 0 heterocycles. The number of rotatable bonds is 2. The SMILES string of the molecule is CNC1(C(F)F)CCC(C(C)(C)C)CC1. The Bertz CT molecular complexity index is 200. The second-order valence-corrected chi connectivity index (χ2v) is 5.85. The molecular formula is C12H23F2N. The van der Waals surface area contributed by atoms with Crippen molar-refractivity contribution in [3.63, 3.8) is 0 Å². The quantitative estimate of drug-likeness (QED) is 0.750. The minimum atomic E-state index is -2.25. The van der Waals surface area contributed by atoms with Crippen molar-refractivity contribution in [3.8, 4) is 0 Å². The fourth-order valence-corrected chi connectivity index (χ4v) is 2.58. The summed E-state index contributed by atoms with van der Waals surface area (Å²) in [6.07, 6.45) is 0.777. The van der Waals surface area contributed by atoms with Crippen LogP contribution in [0, 0.1) is 11.3 Å². The number of hydrogen-bond donors (Lipinski definition) is 1. The van der Waals surface area contributed by atoms with Gasteiger partial charge < -0.3 is 5.32 Å². The van der Waals surface area contributed by atoms with Gasteiger partial charge >= 0.3 is 0 Å². The topological polar surface area (TPSA) is 12.0 Å². The molecule has 0 atom stereocenters. The third-order valence-electron chi connectivity index (χ3n) is 4.02. The van der Waals surface area contributed by atoms with Crippen molar-refractivity contribution in [3.05, 3.63) is 0 Å². The molecule has 0 aromatic carbocycles. The zero-order chi connectivity index (χ0) is 11.7. The van der Waals surface area contributed by atoms with Gasteiger partial charge in [0.1, 0.15) is 0 Å². The number of nitrogens with one attached hydrogen (secondary N) is 1. The Kier molecular flexibility index (Phi) is 3.75. The van der Waals surface area contributed by atoms with E-state index in [0.29, 0.717) is 18.8 Å². The van der Waals surface area contributed by atoms with Gasteiger partial charge in [-0.25, -0.2) is 8.78 Å². The van der Waals surface area contributed by atoms with Crippen molar-refractivity contribution >= 4 is 0 Å². The number of hydrogen-bond acceptors (Lipinski definition) is 1. The van der Waals surface area contributed by atoms with Crippen LogP contribution in [0.2, 0.25) is 0 Å². The Labute approximate surface area is 91.6 Å². The Morgan fingerprint density at radius 3 is 1.93 bits per heavy atom. The summed E-state index contributed by atoms with van der Waals surface area (Å²) in [6.45, 7) is 6.60. The summed E-state index contributed by atoms with van der Waals surface area (Å²) in [5.41, 5.74) is -0.663. The van der Waals surface area contributed by atoms with Gasteiger partial charge in [0.05, 0.1) is 5.54 Å². The lowest BCUT2D eigenvalue weighted by Gasteiger charge is -2.43. The summed E-state index contributed by atoms with van der Waals surface area (Å²) >= 11 is 0. The van der Waals surface area contributed by atoms with Crippen molar-refractivity contribution < 1.29 is 8.78 Å². The first kappa shape index (κ1) is 12.9. The van der Waals surface area contributed by atoms with Crippen LogP contribution in [-0.4, -0.2) is 19.0 Å². The Hall–Kier alpha value is -0.180. The Morgan fingerprint density at radius 1 is 1.20 bits per heavy atom. The third-order valence-corrected chi connectivity index (χ3v) is 4.02. The van der Waals surface area contributed by atoms with Crippen LogP contribution in [0.1, 0.15) is 46.5 Å². The highest BCUT2D eigenvalue weighted by atomic mass is 19.3. The molecule has 0 aromatic rings. The van der Waals surface area contributed by atoms with Gasteiger partial charge in [-0.3, -0.25) is 0 Å². The predicted molar refractivity (Wildman–Crippen MR) is 59.2 cm³/mol. The van der Waals surface area contributed by atoms with Crippen LogP contribution in [0.4, 0.5) is 8.78 Å². The minimum absolute atomic E-state index is 0.252. The minimum Gasteiger partial charge on any atom is -0.309 e. The largest absolute Gasteiger partial charge is 0.309 e. The molecule has 1 aliphatic carbocycles. The van der Waals surface area contributed by atoms with E-state index in [9.17, 15) is 8.78 Å². The van der Waals surface area contributed by atoms with Crippen LogP contribution >= 0.6 is 0 Å². The molecule has 1 nitrogen and oxygen atoms in total. The second kappa shape index (κ2) is 4.36. The van der Waals surface area contributed by atoms with Crippen LogP contribution in [0.15, 0.2) is 0 Å². The van der Waals surface area contributed by atoms with E-state index >= 15 is 0 Å². The first-order valence-electron chi connectivity index (χ1n) is 5.79. The number of alkyl halides is 2. The van der Waals surface area contributed by atoms with E-state index in [1.165, 1.54) is 0 Å². The zero-order valence-corrected chi connectivity index (χ0v) is 10.2. The highest BCUT2D eigenvalue weighted by Crippen LogP contribution is 2.43. The van der Waals surface area contributed by atoms with Crippen molar-refractivity contribution in [2.45, 2.75) is 58.4 Å². The average Bonchev–Trinajstić information content (AvgIpc) is 2.16. The molecule has 0 bridgehead atoms. The van der Waals surface area contributed by atoms with Gasteiger partial charge in [-0.2, -0.15) is 0 Å². The zero-order valence-electron chi connectivity index (χ0n) is 10.2. The molecule has 0 unspecified atom stereocenters. The Balaban J connectivity index is 2.61. The van der Waals surface area contributed by atoms with E-state index < -0.39 is 12.0 Å². The summed E-state index contributed by atoms with van der Waals surface area (Å²) in [6, 6.07) is 0. The van der Waals surface area contributed by atoms with E-state index in [-0.39, 0.29) is 5.41 Å². The molecule has 0 amide bonds.